The molecule has 2 rings (SSSR count). The first-order chi connectivity index (χ1) is 11.3. The standard InChI is InChI=1S/C16H14ClF2NO2.C2H6/c1-9-5-10(3-4-12(9)19)13-6-11(7-14(17)20-13)16(2,8-18)15(21)22;1-2/h3-7H,8H2,1-2H3,(H,21,22);1-2H3. The third kappa shape index (κ3) is 4.09. The lowest BCUT2D eigenvalue weighted by Gasteiger charge is -2.22. The lowest BCUT2D eigenvalue weighted by molar-refractivity contribution is -0.143. The molecule has 1 N–H and O–H groups in total. The summed E-state index contributed by atoms with van der Waals surface area (Å²) in [6, 6.07) is 7.17. The topological polar surface area (TPSA) is 50.2 Å². The third-order valence-corrected chi connectivity index (χ3v) is 3.82. The zero-order valence-electron chi connectivity index (χ0n) is 14.0. The normalized spacial score (nSPS) is 12.8. The number of halogens is 3. The van der Waals surface area contributed by atoms with E-state index in [1.54, 1.807) is 13.0 Å². The number of aromatic nitrogens is 1. The smallest absolute Gasteiger partial charge is 0.316 e. The number of aryl methyl sites for hydroxylation is 1. The Morgan fingerprint density at radius 2 is 1.92 bits per heavy atom. The monoisotopic (exact) mass is 355 g/mol. The minimum atomic E-state index is -1.71. The molecule has 6 heteroatoms. The van der Waals surface area contributed by atoms with Crippen molar-refractivity contribution in [2.24, 2.45) is 0 Å². The van der Waals surface area contributed by atoms with Crippen molar-refractivity contribution in [3.8, 4) is 11.3 Å². The second kappa shape index (κ2) is 8.20. The number of carboxylic acid groups (broad SMARTS) is 1. The minimum absolute atomic E-state index is 0.0513. The Kier molecular flexibility index (Phi) is 6.84. The van der Waals surface area contributed by atoms with Gasteiger partial charge >= 0.3 is 5.97 Å². The fourth-order valence-corrected chi connectivity index (χ4v) is 2.23. The number of carboxylic acids is 1. The second-order valence-electron chi connectivity index (χ2n) is 5.30. The van der Waals surface area contributed by atoms with Crippen molar-refractivity contribution in [2.75, 3.05) is 6.67 Å². The average molecular weight is 356 g/mol. The van der Waals surface area contributed by atoms with E-state index in [1.807, 2.05) is 13.8 Å². The SMILES string of the molecule is CC.Cc1cc(-c2cc(C(C)(CF)C(=O)O)cc(Cl)n2)ccc1F. The van der Waals surface area contributed by atoms with Crippen LogP contribution in [0.2, 0.25) is 5.15 Å². The van der Waals surface area contributed by atoms with E-state index in [2.05, 4.69) is 4.98 Å². The minimum Gasteiger partial charge on any atom is -0.481 e. The van der Waals surface area contributed by atoms with E-state index in [0.29, 0.717) is 16.8 Å². The Morgan fingerprint density at radius 1 is 1.29 bits per heavy atom. The Morgan fingerprint density at radius 3 is 2.42 bits per heavy atom. The van der Waals surface area contributed by atoms with Gasteiger partial charge in [-0.3, -0.25) is 4.79 Å². The van der Waals surface area contributed by atoms with Crippen molar-refractivity contribution < 1.29 is 18.7 Å². The van der Waals surface area contributed by atoms with Crippen LogP contribution < -0.4 is 0 Å². The fraction of sp³-hybridized carbons (Fsp3) is 0.333. The first-order valence-corrected chi connectivity index (χ1v) is 7.89. The van der Waals surface area contributed by atoms with Crippen LogP contribution >= 0.6 is 11.6 Å². The maximum absolute atomic E-state index is 13.3. The molecular weight excluding hydrogens is 336 g/mol. The Balaban J connectivity index is 0.00000139. The van der Waals surface area contributed by atoms with Gasteiger partial charge in [0.05, 0.1) is 5.69 Å². The molecule has 0 fully saturated rings. The van der Waals surface area contributed by atoms with Crippen molar-refractivity contribution >= 4 is 17.6 Å². The van der Waals surface area contributed by atoms with Gasteiger partial charge in [0, 0.05) is 5.56 Å². The summed E-state index contributed by atoms with van der Waals surface area (Å²) in [4.78, 5) is 15.5. The van der Waals surface area contributed by atoms with E-state index in [4.69, 9.17) is 11.6 Å². The zero-order valence-corrected chi connectivity index (χ0v) is 14.8. The van der Waals surface area contributed by atoms with Gasteiger partial charge in [-0.15, -0.1) is 0 Å². The number of nitrogens with zero attached hydrogens (tertiary/aromatic N) is 1. The molecule has 2 aromatic rings. The van der Waals surface area contributed by atoms with Crippen LogP contribution in [-0.4, -0.2) is 22.7 Å². The summed E-state index contributed by atoms with van der Waals surface area (Å²) in [7, 11) is 0. The van der Waals surface area contributed by atoms with E-state index < -0.39 is 18.1 Å². The Bertz CT molecular complexity index is 737. The van der Waals surface area contributed by atoms with Gasteiger partial charge in [-0.1, -0.05) is 25.4 Å². The van der Waals surface area contributed by atoms with Gasteiger partial charge in [-0.2, -0.15) is 0 Å². The summed E-state index contributed by atoms with van der Waals surface area (Å²) in [5.41, 5.74) is -0.135. The maximum atomic E-state index is 13.3. The van der Waals surface area contributed by atoms with Crippen LogP contribution in [0, 0.1) is 12.7 Å². The lowest BCUT2D eigenvalue weighted by Crippen LogP contribution is -2.34. The summed E-state index contributed by atoms with van der Waals surface area (Å²) in [6.07, 6.45) is 0. The molecule has 0 saturated heterocycles. The molecule has 3 nitrogen and oxygen atoms in total. The van der Waals surface area contributed by atoms with Crippen LogP contribution in [0.1, 0.15) is 31.9 Å². The van der Waals surface area contributed by atoms with Crippen LogP contribution in [0.4, 0.5) is 8.78 Å². The summed E-state index contributed by atoms with van der Waals surface area (Å²) < 4.78 is 26.6. The molecule has 24 heavy (non-hydrogen) atoms. The first kappa shape index (κ1) is 20.0. The van der Waals surface area contributed by atoms with Gasteiger partial charge in [0.1, 0.15) is 23.1 Å². The molecule has 1 aromatic heterocycles. The summed E-state index contributed by atoms with van der Waals surface area (Å²) in [5.74, 6) is -1.65. The molecule has 0 aliphatic rings. The van der Waals surface area contributed by atoms with Crippen molar-refractivity contribution in [3.05, 3.63) is 52.4 Å². The van der Waals surface area contributed by atoms with Crippen LogP contribution in [0.3, 0.4) is 0 Å². The third-order valence-electron chi connectivity index (χ3n) is 3.62. The van der Waals surface area contributed by atoms with Gasteiger partial charge in [0.25, 0.3) is 0 Å². The number of carbonyl (C=O) groups is 1. The molecule has 0 radical (unpaired) electrons. The number of rotatable bonds is 4. The van der Waals surface area contributed by atoms with Crippen molar-refractivity contribution in [2.45, 2.75) is 33.1 Å². The molecule has 0 bridgehead atoms. The van der Waals surface area contributed by atoms with Gasteiger partial charge in [0.2, 0.25) is 0 Å². The van der Waals surface area contributed by atoms with Crippen LogP contribution in [0.5, 0.6) is 0 Å². The number of hydrogen-bond acceptors (Lipinski definition) is 2. The number of aliphatic carboxylic acids is 1. The lowest BCUT2D eigenvalue weighted by atomic mass is 9.83. The van der Waals surface area contributed by atoms with Crippen LogP contribution in [0.15, 0.2) is 30.3 Å². The van der Waals surface area contributed by atoms with Crippen molar-refractivity contribution in [1.82, 2.24) is 4.98 Å². The first-order valence-electron chi connectivity index (χ1n) is 7.52. The molecule has 0 aliphatic heterocycles. The largest absolute Gasteiger partial charge is 0.481 e. The van der Waals surface area contributed by atoms with Gasteiger partial charge in [-0.05, 0) is 55.3 Å². The molecule has 1 aromatic carbocycles. The highest BCUT2D eigenvalue weighted by Crippen LogP contribution is 2.31. The molecule has 0 saturated carbocycles. The summed E-state index contributed by atoms with van der Waals surface area (Å²) in [6.45, 7) is 5.80. The highest BCUT2D eigenvalue weighted by molar-refractivity contribution is 6.29. The van der Waals surface area contributed by atoms with E-state index in [9.17, 15) is 18.7 Å². The molecular formula is C18H20ClF2NO2. The molecule has 1 atom stereocenters. The molecule has 130 valence electrons. The van der Waals surface area contributed by atoms with Gasteiger partial charge < -0.3 is 5.11 Å². The predicted molar refractivity (Wildman–Crippen MR) is 91.7 cm³/mol. The maximum Gasteiger partial charge on any atom is 0.316 e. The molecule has 0 amide bonds. The number of pyridine rings is 1. The van der Waals surface area contributed by atoms with E-state index in [1.165, 1.54) is 31.2 Å². The molecule has 1 heterocycles. The second-order valence-corrected chi connectivity index (χ2v) is 5.69. The Hall–Kier alpha value is -2.01. The van der Waals surface area contributed by atoms with E-state index >= 15 is 0 Å². The summed E-state index contributed by atoms with van der Waals surface area (Å²) >= 11 is 5.94. The van der Waals surface area contributed by atoms with Gasteiger partial charge in [-0.25, -0.2) is 13.8 Å². The molecule has 1 unspecified atom stereocenters. The van der Waals surface area contributed by atoms with E-state index in [0.717, 1.165) is 0 Å². The van der Waals surface area contributed by atoms with Crippen molar-refractivity contribution in [3.63, 3.8) is 0 Å². The molecule has 0 aliphatic carbocycles. The highest BCUT2D eigenvalue weighted by Gasteiger charge is 2.36. The average Bonchev–Trinajstić information content (AvgIpc) is 2.57. The van der Waals surface area contributed by atoms with Gasteiger partial charge in [0.15, 0.2) is 0 Å². The predicted octanol–water partition coefficient (Wildman–Crippen LogP) is 5.19. The van der Waals surface area contributed by atoms with E-state index in [-0.39, 0.29) is 16.5 Å². The number of benzene rings is 1. The van der Waals surface area contributed by atoms with Crippen LogP contribution in [-0.2, 0) is 10.2 Å². The molecule has 0 spiro atoms. The zero-order chi connectivity index (χ0) is 18.5. The number of alkyl halides is 1. The fourth-order valence-electron chi connectivity index (χ4n) is 2.03. The Labute approximate surface area is 145 Å². The van der Waals surface area contributed by atoms with Crippen LogP contribution in [0.25, 0.3) is 11.3 Å². The van der Waals surface area contributed by atoms with Crippen molar-refractivity contribution in [1.29, 1.82) is 0 Å². The summed E-state index contributed by atoms with van der Waals surface area (Å²) in [5, 5.41) is 9.32. The number of hydrogen-bond donors (Lipinski definition) is 1. The quantitative estimate of drug-likeness (QED) is 0.768. The highest BCUT2D eigenvalue weighted by atomic mass is 35.5.